The summed E-state index contributed by atoms with van der Waals surface area (Å²) < 4.78 is 0. The van der Waals surface area contributed by atoms with Crippen LogP contribution in [0.1, 0.15) is 32.6 Å². The van der Waals surface area contributed by atoms with Gasteiger partial charge in [-0.2, -0.15) is 0 Å². The van der Waals surface area contributed by atoms with Crippen molar-refractivity contribution in [2.24, 2.45) is 0 Å². The summed E-state index contributed by atoms with van der Waals surface area (Å²) in [6.45, 7) is 9.89. The molecule has 0 aliphatic carbocycles. The van der Waals surface area contributed by atoms with Gasteiger partial charge in [0.15, 0.2) is 0 Å². The summed E-state index contributed by atoms with van der Waals surface area (Å²) in [5, 5.41) is 0. The van der Waals surface area contributed by atoms with Crippen molar-refractivity contribution in [1.29, 1.82) is 0 Å². The average Bonchev–Trinajstić information content (AvgIpc) is 2.05. The summed E-state index contributed by atoms with van der Waals surface area (Å²) in [5.41, 5.74) is 4.25. The van der Waals surface area contributed by atoms with Gasteiger partial charge in [0.25, 0.3) is 0 Å². The molecule has 0 fully saturated rings. The Bertz CT molecular complexity index is 99.4. The van der Waals surface area contributed by atoms with E-state index in [4.69, 9.17) is 0 Å². The first-order valence-electron chi connectivity index (χ1n) is 4.60. The van der Waals surface area contributed by atoms with Gasteiger partial charge in [-0.15, -0.1) is 24.6 Å². The molecule has 0 unspecified atom stereocenters. The Hall–Kier alpha value is -0.303. The van der Waals surface area contributed by atoms with Gasteiger partial charge in [0, 0.05) is 0 Å². The molecule has 0 saturated heterocycles. The maximum atomic E-state index is 3.82. The maximum absolute atomic E-state index is 3.82. The smallest absolute Gasteiger partial charge is 0.0838 e. The van der Waals surface area contributed by atoms with Crippen molar-refractivity contribution in [3.8, 4) is 0 Å². The van der Waals surface area contributed by atoms with Crippen LogP contribution in [0.15, 0.2) is 24.6 Å². The Labute approximate surface area is 72.6 Å². The van der Waals surface area contributed by atoms with Gasteiger partial charge in [0.1, 0.15) is 0 Å². The zero-order valence-electron chi connectivity index (χ0n) is 7.68. The minimum absolute atomic E-state index is 0.707. The molecule has 11 heavy (non-hydrogen) atoms. The molecule has 0 aliphatic heterocycles. The highest BCUT2D eigenvalue weighted by Gasteiger charge is 1.98. The van der Waals surface area contributed by atoms with Crippen molar-refractivity contribution in [1.82, 2.24) is 0 Å². The monoisotopic (exact) mass is 168 g/mol. The van der Waals surface area contributed by atoms with E-state index < -0.39 is 8.80 Å². The van der Waals surface area contributed by atoms with Crippen molar-refractivity contribution in [2.75, 3.05) is 0 Å². The van der Waals surface area contributed by atoms with Gasteiger partial charge < -0.3 is 0 Å². The number of hydrogen-bond donors (Lipinski definition) is 0. The zero-order valence-corrected chi connectivity index (χ0v) is 8.84. The normalized spacial score (nSPS) is 10.0. The lowest BCUT2D eigenvalue weighted by Crippen LogP contribution is -2.03. The van der Waals surface area contributed by atoms with E-state index in [2.05, 4.69) is 31.5 Å². The molecule has 0 nitrogen and oxygen atoms in total. The molecule has 64 valence electrons. The van der Waals surface area contributed by atoms with Crippen LogP contribution < -0.4 is 0 Å². The fourth-order valence-corrected chi connectivity index (χ4v) is 2.56. The third kappa shape index (κ3) is 6.11. The molecule has 0 radical (unpaired) electrons. The summed E-state index contributed by atoms with van der Waals surface area (Å²) in [7, 11) is -0.707. The highest BCUT2D eigenvalue weighted by molar-refractivity contribution is 6.69. The summed E-state index contributed by atoms with van der Waals surface area (Å²) in [6.07, 6.45) is 5.48. The van der Waals surface area contributed by atoms with Crippen LogP contribution in [0.5, 0.6) is 0 Å². The lowest BCUT2D eigenvalue weighted by Gasteiger charge is -2.03. The van der Waals surface area contributed by atoms with Gasteiger partial charge in [-0.25, -0.2) is 0 Å². The highest BCUT2D eigenvalue weighted by Crippen LogP contribution is 2.06. The average molecular weight is 168 g/mol. The summed E-state index contributed by atoms with van der Waals surface area (Å²) in [5.74, 6) is 0. The van der Waals surface area contributed by atoms with E-state index in [9.17, 15) is 0 Å². The third-order valence-corrected chi connectivity index (χ3v) is 4.28. The predicted molar refractivity (Wildman–Crippen MR) is 56.5 cm³/mol. The van der Waals surface area contributed by atoms with E-state index in [-0.39, 0.29) is 0 Å². The minimum Gasteiger partial charge on any atom is -0.107 e. The van der Waals surface area contributed by atoms with Crippen LogP contribution in [0.2, 0.25) is 6.04 Å². The molecular formula is C10H20Si. The minimum atomic E-state index is -0.707. The largest absolute Gasteiger partial charge is 0.107 e. The van der Waals surface area contributed by atoms with Gasteiger partial charge in [0.05, 0.1) is 8.80 Å². The van der Waals surface area contributed by atoms with Crippen molar-refractivity contribution < 1.29 is 0 Å². The van der Waals surface area contributed by atoms with Gasteiger partial charge in [-0.05, 0) is 0 Å². The molecule has 0 bridgehead atoms. The third-order valence-electron chi connectivity index (χ3n) is 2.00. The summed E-state index contributed by atoms with van der Waals surface area (Å²) in [6, 6.07) is 1.37. The molecule has 0 aromatic rings. The van der Waals surface area contributed by atoms with Gasteiger partial charge in [-0.1, -0.05) is 38.7 Å². The molecule has 0 rings (SSSR count). The molecule has 0 amide bonds. The van der Waals surface area contributed by atoms with Crippen molar-refractivity contribution in [3.05, 3.63) is 24.6 Å². The van der Waals surface area contributed by atoms with E-state index in [0.717, 1.165) is 0 Å². The molecule has 0 heterocycles. The van der Waals surface area contributed by atoms with Crippen LogP contribution in [0.4, 0.5) is 0 Å². The number of rotatable bonds is 7. The fraction of sp³-hybridized carbons (Fsp3) is 0.600. The summed E-state index contributed by atoms with van der Waals surface area (Å²) >= 11 is 0. The van der Waals surface area contributed by atoms with Crippen LogP contribution in [-0.4, -0.2) is 8.80 Å². The number of unbranched alkanes of at least 4 members (excludes halogenated alkanes) is 3. The molecular weight excluding hydrogens is 148 g/mol. The van der Waals surface area contributed by atoms with E-state index in [0.29, 0.717) is 0 Å². The molecule has 0 spiro atoms. The molecule has 1 heteroatoms. The van der Waals surface area contributed by atoms with Gasteiger partial charge in [0.2, 0.25) is 0 Å². The van der Waals surface area contributed by atoms with Crippen molar-refractivity contribution in [2.45, 2.75) is 38.7 Å². The molecule has 0 saturated carbocycles. The standard InChI is InChI=1S/C10H20Si/c1-4-7-8-9-10-11(5-2)6-3/h5-6,11H,2-4,7-10H2,1H3. The Balaban J connectivity index is 3.21. The van der Waals surface area contributed by atoms with Gasteiger partial charge in [-0.3, -0.25) is 0 Å². The van der Waals surface area contributed by atoms with Crippen LogP contribution in [0.25, 0.3) is 0 Å². The Morgan fingerprint density at radius 1 is 1.09 bits per heavy atom. The second-order valence-corrected chi connectivity index (χ2v) is 5.83. The van der Waals surface area contributed by atoms with E-state index in [1.54, 1.807) is 0 Å². The van der Waals surface area contributed by atoms with Gasteiger partial charge >= 0.3 is 0 Å². The Morgan fingerprint density at radius 2 is 1.73 bits per heavy atom. The van der Waals surface area contributed by atoms with E-state index in [1.807, 2.05) is 0 Å². The fourth-order valence-electron chi connectivity index (χ4n) is 1.14. The van der Waals surface area contributed by atoms with Crippen molar-refractivity contribution >= 4 is 8.80 Å². The molecule has 0 atom stereocenters. The first-order valence-corrected chi connectivity index (χ1v) is 6.75. The summed E-state index contributed by atoms with van der Waals surface area (Å²) in [4.78, 5) is 0. The highest BCUT2D eigenvalue weighted by atomic mass is 28.3. The number of hydrogen-bond acceptors (Lipinski definition) is 0. The molecule has 0 aliphatic rings. The molecule has 0 N–H and O–H groups in total. The van der Waals surface area contributed by atoms with Crippen LogP contribution >= 0.6 is 0 Å². The second kappa shape index (κ2) is 7.80. The Kier molecular flexibility index (Phi) is 7.59. The second-order valence-electron chi connectivity index (χ2n) is 2.98. The first kappa shape index (κ1) is 10.7. The van der Waals surface area contributed by atoms with Crippen molar-refractivity contribution in [3.63, 3.8) is 0 Å². The van der Waals surface area contributed by atoms with Crippen LogP contribution in [0, 0.1) is 0 Å². The van der Waals surface area contributed by atoms with E-state index >= 15 is 0 Å². The SMILES string of the molecule is C=C[SiH](C=C)CCCCCC. The zero-order chi connectivity index (χ0) is 8.53. The van der Waals surface area contributed by atoms with Crippen LogP contribution in [0.3, 0.4) is 0 Å². The van der Waals surface area contributed by atoms with Crippen LogP contribution in [-0.2, 0) is 0 Å². The molecule has 0 aromatic carbocycles. The predicted octanol–water partition coefficient (Wildman–Crippen LogP) is 3.24. The quantitative estimate of drug-likeness (QED) is 0.404. The molecule has 0 aromatic heterocycles. The lowest BCUT2D eigenvalue weighted by molar-refractivity contribution is 0.700. The Morgan fingerprint density at radius 3 is 2.18 bits per heavy atom. The maximum Gasteiger partial charge on any atom is 0.0838 e. The first-order chi connectivity index (χ1) is 5.35. The van der Waals surface area contributed by atoms with E-state index in [1.165, 1.54) is 31.7 Å². The lowest BCUT2D eigenvalue weighted by atomic mass is 10.2. The topological polar surface area (TPSA) is 0 Å².